The fraction of sp³-hybridized carbons (Fsp3) is 0.619. The van der Waals surface area contributed by atoms with Crippen molar-refractivity contribution < 1.29 is 4.79 Å². The summed E-state index contributed by atoms with van der Waals surface area (Å²) < 4.78 is 0. The van der Waals surface area contributed by atoms with Crippen molar-refractivity contribution in [3.63, 3.8) is 0 Å². The smallest absolute Gasteiger partial charge is 0.247 e. The van der Waals surface area contributed by atoms with Crippen molar-refractivity contribution in [1.29, 1.82) is 0 Å². The van der Waals surface area contributed by atoms with E-state index in [1.54, 1.807) is 0 Å². The van der Waals surface area contributed by atoms with E-state index in [4.69, 9.17) is 4.99 Å². The van der Waals surface area contributed by atoms with Crippen molar-refractivity contribution in [1.82, 2.24) is 10.2 Å². The van der Waals surface area contributed by atoms with E-state index in [1.165, 1.54) is 29.7 Å². The molecule has 1 saturated carbocycles. The standard InChI is InChI=1S/C21H31N3O/c1-14(2)24(15(3)4)12-11-22-21(25)16-9-10-20-18(13-16)17-7-5-6-8-19(17)23-20/h10,13-15H,5-9,11-12H2,1-4H3,(H,22,25). The molecule has 0 aromatic heterocycles. The molecule has 0 bridgehead atoms. The lowest BCUT2D eigenvalue weighted by atomic mass is 9.88. The Kier molecular flexibility index (Phi) is 5.57. The van der Waals surface area contributed by atoms with Crippen LogP contribution >= 0.6 is 0 Å². The Morgan fingerprint density at radius 3 is 2.64 bits per heavy atom. The lowest BCUT2D eigenvalue weighted by molar-refractivity contribution is -0.117. The van der Waals surface area contributed by atoms with Gasteiger partial charge in [0.05, 0.1) is 5.70 Å². The molecule has 1 amide bonds. The van der Waals surface area contributed by atoms with Gasteiger partial charge in [0, 0.05) is 42.0 Å². The molecule has 1 aliphatic heterocycles. The summed E-state index contributed by atoms with van der Waals surface area (Å²) in [4.78, 5) is 19.8. The summed E-state index contributed by atoms with van der Waals surface area (Å²) in [5.74, 6) is 0.0696. The first-order valence-electron chi connectivity index (χ1n) is 9.73. The first kappa shape index (κ1) is 18.1. The van der Waals surface area contributed by atoms with Gasteiger partial charge in [-0.05, 0) is 71.4 Å². The normalized spacial score (nSPS) is 19.7. The molecule has 0 atom stereocenters. The van der Waals surface area contributed by atoms with Gasteiger partial charge in [-0.25, -0.2) is 0 Å². The summed E-state index contributed by atoms with van der Waals surface area (Å²) in [6, 6.07) is 0.979. The van der Waals surface area contributed by atoms with Crippen molar-refractivity contribution >= 4 is 11.6 Å². The van der Waals surface area contributed by atoms with Crippen LogP contribution in [0.5, 0.6) is 0 Å². The third-order valence-electron chi connectivity index (χ3n) is 5.40. The van der Waals surface area contributed by atoms with E-state index in [0.717, 1.165) is 30.7 Å². The number of carbonyl (C=O) groups excluding carboxylic acids is 1. The number of amides is 1. The van der Waals surface area contributed by atoms with Crippen LogP contribution < -0.4 is 5.32 Å². The molecule has 0 saturated heterocycles. The van der Waals surface area contributed by atoms with Gasteiger partial charge >= 0.3 is 0 Å². The van der Waals surface area contributed by atoms with E-state index in [2.05, 4.69) is 50.1 Å². The number of rotatable bonds is 6. The molecule has 1 N–H and O–H groups in total. The third-order valence-corrected chi connectivity index (χ3v) is 5.40. The highest BCUT2D eigenvalue weighted by Crippen LogP contribution is 2.38. The summed E-state index contributed by atoms with van der Waals surface area (Å²) in [5, 5.41) is 3.11. The maximum atomic E-state index is 12.6. The molecule has 4 heteroatoms. The molecule has 3 aliphatic rings. The average molecular weight is 341 g/mol. The first-order chi connectivity index (χ1) is 12.0. The molecular formula is C21H31N3O. The SMILES string of the molecule is CC(C)N(CCNC(=O)C1=CC2=C3CCCCC3=NC2=CC1)C(C)C. The lowest BCUT2D eigenvalue weighted by Crippen LogP contribution is -2.42. The van der Waals surface area contributed by atoms with Gasteiger partial charge < -0.3 is 5.32 Å². The van der Waals surface area contributed by atoms with E-state index in [1.807, 2.05) is 0 Å². The van der Waals surface area contributed by atoms with Crippen molar-refractivity contribution in [2.45, 2.75) is 71.9 Å². The van der Waals surface area contributed by atoms with Crippen LogP contribution in [0.4, 0.5) is 0 Å². The Bertz CT molecular complexity index is 657. The number of nitrogens with one attached hydrogen (secondary N) is 1. The molecular weight excluding hydrogens is 310 g/mol. The highest BCUT2D eigenvalue weighted by Gasteiger charge is 2.27. The zero-order valence-corrected chi connectivity index (χ0v) is 16.1. The topological polar surface area (TPSA) is 44.7 Å². The molecule has 3 rings (SSSR count). The summed E-state index contributed by atoms with van der Waals surface area (Å²) in [6.07, 6.45) is 9.57. The Morgan fingerprint density at radius 2 is 1.92 bits per heavy atom. The highest BCUT2D eigenvalue weighted by molar-refractivity contribution is 6.07. The molecule has 0 aromatic rings. The molecule has 1 heterocycles. The fourth-order valence-corrected chi connectivity index (χ4v) is 4.10. The van der Waals surface area contributed by atoms with Crippen molar-refractivity contribution in [3.8, 4) is 0 Å². The largest absolute Gasteiger partial charge is 0.351 e. The number of aliphatic imine (C=N–C) groups is 1. The van der Waals surface area contributed by atoms with Gasteiger partial charge in [0.2, 0.25) is 5.91 Å². The van der Waals surface area contributed by atoms with E-state index in [0.29, 0.717) is 25.0 Å². The van der Waals surface area contributed by atoms with E-state index in [-0.39, 0.29) is 5.91 Å². The first-order valence-corrected chi connectivity index (χ1v) is 9.73. The van der Waals surface area contributed by atoms with Crippen molar-refractivity contribution in [3.05, 3.63) is 34.6 Å². The minimum absolute atomic E-state index is 0.0696. The van der Waals surface area contributed by atoms with Gasteiger partial charge in [0.15, 0.2) is 0 Å². The van der Waals surface area contributed by atoms with Crippen LogP contribution in [-0.2, 0) is 4.79 Å². The number of fused-ring (bicyclic) bond motifs is 2. The monoisotopic (exact) mass is 341 g/mol. The number of hydrogen-bond acceptors (Lipinski definition) is 3. The minimum atomic E-state index is 0.0696. The van der Waals surface area contributed by atoms with E-state index in [9.17, 15) is 4.79 Å². The second kappa shape index (κ2) is 7.69. The Morgan fingerprint density at radius 1 is 1.20 bits per heavy atom. The van der Waals surface area contributed by atoms with Crippen LogP contribution in [0.15, 0.2) is 39.6 Å². The van der Waals surface area contributed by atoms with E-state index >= 15 is 0 Å². The lowest BCUT2D eigenvalue weighted by Gasteiger charge is -2.30. The highest BCUT2D eigenvalue weighted by atomic mass is 16.1. The second-order valence-corrected chi connectivity index (χ2v) is 7.80. The number of allylic oxidation sites excluding steroid dienone is 3. The van der Waals surface area contributed by atoms with Crippen LogP contribution in [0.1, 0.15) is 59.8 Å². The molecule has 136 valence electrons. The van der Waals surface area contributed by atoms with Crippen LogP contribution in [0.2, 0.25) is 0 Å². The van der Waals surface area contributed by atoms with Crippen LogP contribution in [0, 0.1) is 0 Å². The van der Waals surface area contributed by atoms with Crippen LogP contribution in [0.3, 0.4) is 0 Å². The fourth-order valence-electron chi connectivity index (χ4n) is 4.10. The zero-order valence-electron chi connectivity index (χ0n) is 16.1. The van der Waals surface area contributed by atoms with Crippen LogP contribution in [0.25, 0.3) is 0 Å². The molecule has 4 nitrogen and oxygen atoms in total. The van der Waals surface area contributed by atoms with Crippen molar-refractivity contribution in [2.75, 3.05) is 13.1 Å². The summed E-state index contributed by atoms with van der Waals surface area (Å²) >= 11 is 0. The Balaban J connectivity index is 1.61. The molecule has 0 spiro atoms. The number of nitrogens with zero attached hydrogens (tertiary/aromatic N) is 2. The molecule has 1 fully saturated rings. The molecule has 2 aliphatic carbocycles. The predicted octanol–water partition coefficient (Wildman–Crippen LogP) is 3.76. The maximum Gasteiger partial charge on any atom is 0.247 e. The van der Waals surface area contributed by atoms with Gasteiger partial charge in [0.1, 0.15) is 0 Å². The summed E-state index contributed by atoms with van der Waals surface area (Å²) in [6.45, 7) is 10.4. The van der Waals surface area contributed by atoms with Crippen LogP contribution in [-0.4, -0.2) is 41.7 Å². The Labute approximate surface area is 151 Å². The average Bonchev–Trinajstić information content (AvgIpc) is 2.95. The molecule has 0 unspecified atom stereocenters. The third kappa shape index (κ3) is 3.95. The zero-order chi connectivity index (χ0) is 18.0. The Hall–Kier alpha value is -1.68. The van der Waals surface area contributed by atoms with Gasteiger partial charge in [0.25, 0.3) is 0 Å². The van der Waals surface area contributed by atoms with Gasteiger partial charge in [-0.2, -0.15) is 0 Å². The van der Waals surface area contributed by atoms with Gasteiger partial charge in [-0.3, -0.25) is 14.7 Å². The maximum absolute atomic E-state index is 12.6. The van der Waals surface area contributed by atoms with Gasteiger partial charge in [-0.15, -0.1) is 0 Å². The molecule has 0 aromatic carbocycles. The van der Waals surface area contributed by atoms with E-state index < -0.39 is 0 Å². The van der Waals surface area contributed by atoms with Crippen molar-refractivity contribution in [2.24, 2.45) is 4.99 Å². The molecule has 25 heavy (non-hydrogen) atoms. The quantitative estimate of drug-likeness (QED) is 0.799. The molecule has 0 radical (unpaired) electrons. The predicted molar refractivity (Wildman–Crippen MR) is 104 cm³/mol. The van der Waals surface area contributed by atoms with Gasteiger partial charge in [-0.1, -0.05) is 6.08 Å². The number of hydrogen-bond donors (Lipinski definition) is 1. The minimum Gasteiger partial charge on any atom is -0.351 e. The summed E-state index contributed by atoms with van der Waals surface area (Å²) in [7, 11) is 0. The summed E-state index contributed by atoms with van der Waals surface area (Å²) in [5.41, 5.74) is 5.81. The second-order valence-electron chi connectivity index (χ2n) is 7.80. The number of carbonyl (C=O) groups is 1.